The Hall–Kier alpha value is -2.09. The van der Waals surface area contributed by atoms with E-state index in [1.54, 1.807) is 0 Å². The van der Waals surface area contributed by atoms with Crippen LogP contribution >= 0.6 is 15.9 Å². The highest BCUT2D eigenvalue weighted by atomic mass is 79.9. The van der Waals surface area contributed by atoms with Gasteiger partial charge in [-0.25, -0.2) is 17.6 Å². The number of nitrogens with two attached hydrogens (primary N) is 1. The molecule has 0 radical (unpaired) electrons. The fourth-order valence-electron chi connectivity index (χ4n) is 1.63. The van der Waals surface area contributed by atoms with Crippen LogP contribution in [-0.4, -0.2) is 6.21 Å². The van der Waals surface area contributed by atoms with E-state index >= 15 is 0 Å². The monoisotopic (exact) mass is 361 g/mol. The molecule has 0 aliphatic carbocycles. The summed E-state index contributed by atoms with van der Waals surface area (Å²) in [4.78, 5) is 0. The van der Waals surface area contributed by atoms with Crippen molar-refractivity contribution in [3.63, 3.8) is 0 Å². The lowest BCUT2D eigenvalue weighted by Crippen LogP contribution is -2.03. The fourth-order valence-corrected chi connectivity index (χ4v) is 2.06. The van der Waals surface area contributed by atoms with Crippen molar-refractivity contribution in [3.8, 4) is 0 Å². The number of rotatable bonds is 3. The molecule has 2 rings (SSSR count). The van der Waals surface area contributed by atoms with Gasteiger partial charge >= 0.3 is 0 Å². The minimum absolute atomic E-state index is 0.0186. The molecule has 0 saturated heterocycles. The highest BCUT2D eigenvalue weighted by Crippen LogP contribution is 2.34. The average molecular weight is 362 g/mol. The van der Waals surface area contributed by atoms with E-state index in [9.17, 15) is 17.6 Å². The summed E-state index contributed by atoms with van der Waals surface area (Å²) in [5.74, 6) is -4.48. The number of hydrogen-bond donors (Lipinski definition) is 3. The van der Waals surface area contributed by atoms with Crippen molar-refractivity contribution in [3.05, 3.63) is 51.5 Å². The Morgan fingerprint density at radius 1 is 1.00 bits per heavy atom. The first-order chi connectivity index (χ1) is 9.85. The molecular formula is C13H8BrF4N3. The van der Waals surface area contributed by atoms with Crippen LogP contribution in [0.2, 0.25) is 0 Å². The van der Waals surface area contributed by atoms with Gasteiger partial charge in [-0.1, -0.05) is 0 Å². The number of benzene rings is 2. The summed E-state index contributed by atoms with van der Waals surface area (Å²) in [6.07, 6.45) is 0.817. The Bertz CT molecular complexity index is 734. The lowest BCUT2D eigenvalue weighted by Gasteiger charge is -2.13. The van der Waals surface area contributed by atoms with Gasteiger partial charge in [-0.05, 0) is 22.0 Å². The first-order valence-electron chi connectivity index (χ1n) is 5.54. The van der Waals surface area contributed by atoms with Crippen LogP contribution in [0.4, 0.5) is 34.6 Å². The molecule has 0 aromatic heterocycles. The number of halogens is 5. The summed E-state index contributed by atoms with van der Waals surface area (Å²) < 4.78 is 53.3. The van der Waals surface area contributed by atoms with Crippen molar-refractivity contribution in [2.24, 2.45) is 0 Å². The predicted octanol–water partition coefficient (Wildman–Crippen LogP) is 4.33. The molecule has 0 bridgehead atoms. The van der Waals surface area contributed by atoms with Crippen molar-refractivity contribution in [1.29, 1.82) is 5.41 Å². The summed E-state index contributed by atoms with van der Waals surface area (Å²) >= 11 is 2.93. The van der Waals surface area contributed by atoms with Gasteiger partial charge in [0, 0.05) is 23.9 Å². The molecule has 3 nitrogen and oxygen atoms in total. The van der Waals surface area contributed by atoms with Crippen molar-refractivity contribution < 1.29 is 17.6 Å². The van der Waals surface area contributed by atoms with Crippen LogP contribution in [0.5, 0.6) is 0 Å². The predicted molar refractivity (Wildman–Crippen MR) is 76.0 cm³/mol. The molecule has 0 unspecified atom stereocenters. The Kier molecular flexibility index (Phi) is 4.17. The standard InChI is InChI=1S/C13H8BrF4N3/c14-11-10(1-5(4-19)13(20)12(11)18)21-9-3-7(16)6(15)2-8(9)17/h1-4,19,21H,20H2. The van der Waals surface area contributed by atoms with E-state index in [2.05, 4.69) is 21.2 Å². The van der Waals surface area contributed by atoms with E-state index in [4.69, 9.17) is 11.1 Å². The number of nitrogens with one attached hydrogen (secondary N) is 2. The van der Waals surface area contributed by atoms with Gasteiger partial charge in [-0.15, -0.1) is 0 Å². The molecule has 0 aliphatic heterocycles. The van der Waals surface area contributed by atoms with Crippen molar-refractivity contribution in [2.75, 3.05) is 11.1 Å². The number of hydrogen-bond acceptors (Lipinski definition) is 3. The maximum absolute atomic E-state index is 13.8. The SMILES string of the molecule is N=Cc1cc(Nc2cc(F)c(F)cc2F)c(Br)c(F)c1N. The van der Waals surface area contributed by atoms with Gasteiger partial charge < -0.3 is 16.5 Å². The number of anilines is 3. The van der Waals surface area contributed by atoms with Crippen LogP contribution in [0.15, 0.2) is 22.7 Å². The van der Waals surface area contributed by atoms with E-state index in [0.29, 0.717) is 12.1 Å². The summed E-state index contributed by atoms with van der Waals surface area (Å²) in [6, 6.07) is 2.25. The van der Waals surface area contributed by atoms with E-state index in [1.165, 1.54) is 6.07 Å². The van der Waals surface area contributed by atoms with Crippen molar-refractivity contribution in [2.45, 2.75) is 0 Å². The molecular weight excluding hydrogens is 354 g/mol. The normalized spacial score (nSPS) is 10.5. The molecule has 21 heavy (non-hydrogen) atoms. The second kappa shape index (κ2) is 5.72. The molecule has 8 heteroatoms. The zero-order chi connectivity index (χ0) is 15.7. The zero-order valence-electron chi connectivity index (χ0n) is 10.3. The third-order valence-corrected chi connectivity index (χ3v) is 3.49. The van der Waals surface area contributed by atoms with Crippen LogP contribution in [0, 0.1) is 28.7 Å². The molecule has 2 aromatic carbocycles. The molecule has 0 amide bonds. The van der Waals surface area contributed by atoms with Crippen molar-refractivity contribution >= 4 is 39.2 Å². The topological polar surface area (TPSA) is 61.9 Å². The lowest BCUT2D eigenvalue weighted by molar-refractivity contribution is 0.496. The Balaban J connectivity index is 2.52. The first-order valence-corrected chi connectivity index (χ1v) is 6.34. The molecule has 2 aromatic rings. The fraction of sp³-hybridized carbons (Fsp3) is 0. The minimum atomic E-state index is -1.33. The van der Waals surface area contributed by atoms with Gasteiger partial charge in [0.2, 0.25) is 0 Å². The van der Waals surface area contributed by atoms with Crippen molar-refractivity contribution in [1.82, 2.24) is 0 Å². The average Bonchev–Trinajstić information content (AvgIpc) is 2.45. The second-order valence-corrected chi connectivity index (χ2v) is 4.86. The zero-order valence-corrected chi connectivity index (χ0v) is 11.9. The highest BCUT2D eigenvalue weighted by molar-refractivity contribution is 9.10. The van der Waals surface area contributed by atoms with Crippen LogP contribution in [0.1, 0.15) is 5.56 Å². The lowest BCUT2D eigenvalue weighted by atomic mass is 10.1. The smallest absolute Gasteiger partial charge is 0.163 e. The van der Waals surface area contributed by atoms with Gasteiger partial charge in [0.05, 0.1) is 21.5 Å². The van der Waals surface area contributed by atoms with E-state index < -0.39 is 23.3 Å². The Labute approximate surface area is 125 Å². The summed E-state index contributed by atoms with van der Waals surface area (Å²) in [6.45, 7) is 0. The van der Waals surface area contributed by atoms with E-state index in [-0.39, 0.29) is 27.1 Å². The van der Waals surface area contributed by atoms with Gasteiger partial charge in [0.25, 0.3) is 0 Å². The molecule has 0 spiro atoms. The Morgan fingerprint density at radius 2 is 1.62 bits per heavy atom. The summed E-state index contributed by atoms with van der Waals surface area (Å²) in [5.41, 5.74) is 4.90. The van der Waals surface area contributed by atoms with Gasteiger partial charge in [-0.2, -0.15) is 0 Å². The quantitative estimate of drug-likeness (QED) is 0.329. The maximum Gasteiger partial charge on any atom is 0.163 e. The molecule has 110 valence electrons. The molecule has 0 fully saturated rings. The third-order valence-electron chi connectivity index (χ3n) is 2.71. The first kappa shape index (κ1) is 15.3. The summed E-state index contributed by atoms with van der Waals surface area (Å²) in [7, 11) is 0. The Morgan fingerprint density at radius 3 is 2.24 bits per heavy atom. The molecule has 0 aliphatic rings. The molecule has 4 N–H and O–H groups in total. The van der Waals surface area contributed by atoms with Gasteiger partial charge in [0.1, 0.15) is 5.82 Å². The van der Waals surface area contributed by atoms with Crippen LogP contribution in [0.3, 0.4) is 0 Å². The van der Waals surface area contributed by atoms with Crippen LogP contribution in [-0.2, 0) is 0 Å². The molecule has 0 atom stereocenters. The third kappa shape index (κ3) is 2.85. The van der Waals surface area contributed by atoms with E-state index in [0.717, 1.165) is 6.21 Å². The minimum Gasteiger partial charge on any atom is -0.396 e. The maximum atomic E-state index is 13.8. The summed E-state index contributed by atoms with van der Waals surface area (Å²) in [5, 5.41) is 9.56. The van der Waals surface area contributed by atoms with Crippen LogP contribution < -0.4 is 11.1 Å². The van der Waals surface area contributed by atoms with Gasteiger partial charge in [0.15, 0.2) is 17.5 Å². The molecule has 0 saturated carbocycles. The van der Waals surface area contributed by atoms with E-state index in [1.807, 2.05) is 0 Å². The van der Waals surface area contributed by atoms with Crippen LogP contribution in [0.25, 0.3) is 0 Å². The molecule has 0 heterocycles. The number of nitrogen functional groups attached to an aromatic ring is 1. The van der Waals surface area contributed by atoms with Gasteiger partial charge in [-0.3, -0.25) is 0 Å². The largest absolute Gasteiger partial charge is 0.396 e. The highest BCUT2D eigenvalue weighted by Gasteiger charge is 2.16. The second-order valence-electron chi connectivity index (χ2n) is 4.07.